The number of hydrogen-bond donors (Lipinski definition) is 1. The lowest BCUT2D eigenvalue weighted by Crippen LogP contribution is -2.19. The molecule has 21 heavy (non-hydrogen) atoms. The highest BCUT2D eigenvalue weighted by Gasteiger charge is 2.04. The summed E-state index contributed by atoms with van der Waals surface area (Å²) in [4.78, 5) is 4.45. The lowest BCUT2D eigenvalue weighted by atomic mass is 10.2. The first-order valence-electron chi connectivity index (χ1n) is 7.14. The van der Waals surface area contributed by atoms with Gasteiger partial charge in [-0.3, -0.25) is 0 Å². The van der Waals surface area contributed by atoms with Crippen molar-refractivity contribution in [2.45, 2.75) is 27.3 Å². The molecule has 0 radical (unpaired) electrons. The van der Waals surface area contributed by atoms with E-state index < -0.39 is 0 Å². The number of pyridine rings is 1. The Morgan fingerprint density at radius 1 is 1.24 bits per heavy atom. The van der Waals surface area contributed by atoms with Crippen LogP contribution in [0.4, 0.5) is 0 Å². The second-order valence-corrected chi connectivity index (χ2v) is 6.78. The molecule has 2 rings (SSSR count). The maximum atomic E-state index is 5.86. The van der Waals surface area contributed by atoms with Crippen LogP contribution in [-0.2, 0) is 6.54 Å². The van der Waals surface area contributed by atoms with Crippen LogP contribution >= 0.6 is 22.6 Å². The third kappa shape index (κ3) is 5.63. The number of benzene rings is 1. The Hall–Kier alpha value is -1.14. The molecule has 3 nitrogen and oxygen atoms in total. The summed E-state index contributed by atoms with van der Waals surface area (Å²) in [5, 5.41) is 3.44. The van der Waals surface area contributed by atoms with Gasteiger partial charge in [-0.1, -0.05) is 19.9 Å². The van der Waals surface area contributed by atoms with Gasteiger partial charge in [0.05, 0.1) is 0 Å². The van der Waals surface area contributed by atoms with Crippen molar-refractivity contribution in [1.29, 1.82) is 0 Å². The number of halogens is 1. The Balaban J connectivity index is 2.07. The van der Waals surface area contributed by atoms with Crippen LogP contribution in [0, 0.1) is 16.4 Å². The summed E-state index contributed by atoms with van der Waals surface area (Å²) in [6.45, 7) is 8.25. The van der Waals surface area contributed by atoms with Crippen LogP contribution in [0.15, 0.2) is 36.4 Å². The molecule has 0 saturated carbocycles. The molecule has 1 aromatic heterocycles. The van der Waals surface area contributed by atoms with Crippen LogP contribution in [0.5, 0.6) is 11.6 Å². The summed E-state index contributed by atoms with van der Waals surface area (Å²) in [6, 6.07) is 12.1. The SMILES string of the molecule is Cc1cc(CNCC(C)C)cc(Oc2cccc(I)c2)n1. The number of aromatic nitrogens is 1. The number of nitrogens with zero attached hydrogens (tertiary/aromatic N) is 1. The van der Waals surface area contributed by atoms with Crippen molar-refractivity contribution in [2.24, 2.45) is 5.92 Å². The van der Waals surface area contributed by atoms with Crippen LogP contribution < -0.4 is 10.1 Å². The summed E-state index contributed by atoms with van der Waals surface area (Å²) in [5.41, 5.74) is 2.17. The van der Waals surface area contributed by atoms with Crippen molar-refractivity contribution >= 4 is 22.6 Å². The average Bonchev–Trinajstić information content (AvgIpc) is 2.37. The van der Waals surface area contributed by atoms with Crippen molar-refractivity contribution in [2.75, 3.05) is 6.54 Å². The first kappa shape index (κ1) is 16.2. The van der Waals surface area contributed by atoms with Gasteiger partial charge in [-0.25, -0.2) is 4.98 Å². The molecule has 1 aromatic carbocycles. The number of aryl methyl sites for hydroxylation is 1. The zero-order valence-corrected chi connectivity index (χ0v) is 14.8. The molecule has 0 bridgehead atoms. The average molecular weight is 396 g/mol. The Kier molecular flexibility index (Phi) is 5.99. The highest BCUT2D eigenvalue weighted by atomic mass is 127. The van der Waals surface area contributed by atoms with Crippen molar-refractivity contribution in [1.82, 2.24) is 10.3 Å². The van der Waals surface area contributed by atoms with Gasteiger partial charge in [0.2, 0.25) is 5.88 Å². The van der Waals surface area contributed by atoms with Crippen LogP contribution in [-0.4, -0.2) is 11.5 Å². The van der Waals surface area contributed by atoms with Gasteiger partial charge < -0.3 is 10.1 Å². The minimum absolute atomic E-state index is 0.648. The van der Waals surface area contributed by atoms with Crippen molar-refractivity contribution < 1.29 is 4.74 Å². The number of ether oxygens (including phenoxy) is 1. The van der Waals surface area contributed by atoms with Gasteiger partial charge in [-0.15, -0.1) is 0 Å². The van der Waals surface area contributed by atoms with E-state index in [1.807, 2.05) is 37.3 Å². The quantitative estimate of drug-likeness (QED) is 0.729. The Bertz CT molecular complexity index is 599. The van der Waals surface area contributed by atoms with E-state index in [-0.39, 0.29) is 0 Å². The molecule has 0 saturated heterocycles. The molecule has 0 atom stereocenters. The summed E-state index contributed by atoms with van der Waals surface area (Å²) >= 11 is 2.28. The topological polar surface area (TPSA) is 34.1 Å². The van der Waals surface area contributed by atoms with E-state index in [1.54, 1.807) is 0 Å². The van der Waals surface area contributed by atoms with Gasteiger partial charge in [-0.2, -0.15) is 0 Å². The van der Waals surface area contributed by atoms with Crippen LogP contribution in [0.1, 0.15) is 25.1 Å². The number of nitrogens with one attached hydrogen (secondary N) is 1. The fourth-order valence-corrected chi connectivity index (χ4v) is 2.53. The fraction of sp³-hybridized carbons (Fsp3) is 0.353. The van der Waals surface area contributed by atoms with Crippen molar-refractivity contribution in [3.8, 4) is 11.6 Å². The Labute approximate surface area is 140 Å². The third-order valence-corrected chi connectivity index (χ3v) is 3.56. The fourth-order valence-electron chi connectivity index (χ4n) is 2.02. The van der Waals surface area contributed by atoms with Gasteiger partial charge in [0, 0.05) is 21.9 Å². The molecular weight excluding hydrogens is 375 g/mol. The van der Waals surface area contributed by atoms with Gasteiger partial charge in [-0.05, 0) is 71.8 Å². The summed E-state index contributed by atoms with van der Waals surface area (Å²) < 4.78 is 7.01. The van der Waals surface area contributed by atoms with Crippen molar-refractivity contribution in [3.63, 3.8) is 0 Å². The van der Waals surface area contributed by atoms with Gasteiger partial charge in [0.25, 0.3) is 0 Å². The monoisotopic (exact) mass is 396 g/mol. The molecule has 0 spiro atoms. The van der Waals surface area contributed by atoms with Crippen LogP contribution in [0.3, 0.4) is 0 Å². The van der Waals surface area contributed by atoms with E-state index in [0.717, 1.165) is 28.1 Å². The van der Waals surface area contributed by atoms with E-state index in [9.17, 15) is 0 Å². The number of rotatable bonds is 6. The van der Waals surface area contributed by atoms with Gasteiger partial charge >= 0.3 is 0 Å². The number of hydrogen-bond acceptors (Lipinski definition) is 3. The lowest BCUT2D eigenvalue weighted by molar-refractivity contribution is 0.459. The second kappa shape index (κ2) is 7.75. The zero-order valence-electron chi connectivity index (χ0n) is 12.7. The third-order valence-electron chi connectivity index (χ3n) is 2.89. The molecule has 0 unspecified atom stereocenters. The standard InChI is InChI=1S/C17H21IN2O/c1-12(2)10-19-11-14-7-13(3)20-17(8-14)21-16-6-4-5-15(18)9-16/h4-9,12,19H,10-11H2,1-3H3. The van der Waals surface area contributed by atoms with E-state index in [2.05, 4.69) is 52.8 Å². The second-order valence-electron chi connectivity index (χ2n) is 5.54. The summed E-state index contributed by atoms with van der Waals surface area (Å²) in [7, 11) is 0. The zero-order chi connectivity index (χ0) is 15.2. The molecule has 112 valence electrons. The lowest BCUT2D eigenvalue weighted by Gasteiger charge is -2.10. The molecule has 0 fully saturated rings. The first-order valence-corrected chi connectivity index (χ1v) is 8.22. The molecular formula is C17H21IN2O. The molecule has 0 aliphatic rings. The van der Waals surface area contributed by atoms with Crippen molar-refractivity contribution in [3.05, 3.63) is 51.2 Å². The molecule has 0 aliphatic heterocycles. The summed E-state index contributed by atoms with van der Waals surface area (Å²) in [5.74, 6) is 2.12. The predicted molar refractivity (Wildman–Crippen MR) is 94.8 cm³/mol. The highest BCUT2D eigenvalue weighted by molar-refractivity contribution is 14.1. The van der Waals surface area contributed by atoms with Crippen LogP contribution in [0.2, 0.25) is 0 Å². The summed E-state index contributed by atoms with van der Waals surface area (Å²) in [6.07, 6.45) is 0. The molecule has 2 aromatic rings. The molecule has 1 heterocycles. The van der Waals surface area contributed by atoms with Crippen LogP contribution in [0.25, 0.3) is 0 Å². The van der Waals surface area contributed by atoms with Gasteiger partial charge in [0.15, 0.2) is 0 Å². The largest absolute Gasteiger partial charge is 0.439 e. The maximum absolute atomic E-state index is 5.86. The highest BCUT2D eigenvalue weighted by Crippen LogP contribution is 2.22. The molecule has 0 aliphatic carbocycles. The predicted octanol–water partition coefficient (Wildman–Crippen LogP) is 4.53. The molecule has 4 heteroatoms. The van der Waals surface area contributed by atoms with Gasteiger partial charge in [0.1, 0.15) is 5.75 Å². The van der Waals surface area contributed by atoms with E-state index in [4.69, 9.17) is 4.74 Å². The van der Waals surface area contributed by atoms with E-state index in [1.165, 1.54) is 5.56 Å². The maximum Gasteiger partial charge on any atom is 0.219 e. The Morgan fingerprint density at radius 3 is 2.76 bits per heavy atom. The van der Waals surface area contributed by atoms with E-state index >= 15 is 0 Å². The molecule has 0 amide bonds. The first-order chi connectivity index (χ1) is 10.0. The minimum atomic E-state index is 0.648. The molecule has 1 N–H and O–H groups in total. The minimum Gasteiger partial charge on any atom is -0.439 e. The normalized spacial score (nSPS) is 10.9. The van der Waals surface area contributed by atoms with E-state index in [0.29, 0.717) is 11.8 Å². The Morgan fingerprint density at radius 2 is 2.05 bits per heavy atom. The smallest absolute Gasteiger partial charge is 0.219 e.